The summed E-state index contributed by atoms with van der Waals surface area (Å²) in [4.78, 5) is 16.6. The number of nitrogens with zero attached hydrogens (tertiary/aromatic N) is 4. The monoisotopic (exact) mass is 357 g/mol. The van der Waals surface area contributed by atoms with Crippen LogP contribution in [0, 0.1) is 5.82 Å². The molecule has 0 unspecified atom stereocenters. The van der Waals surface area contributed by atoms with Crippen molar-refractivity contribution in [2.75, 3.05) is 44.6 Å². The van der Waals surface area contributed by atoms with Gasteiger partial charge in [-0.05, 0) is 42.8 Å². The van der Waals surface area contributed by atoms with Gasteiger partial charge in [-0.15, -0.1) is 10.2 Å². The predicted octanol–water partition coefficient (Wildman–Crippen LogP) is 2.05. The summed E-state index contributed by atoms with van der Waals surface area (Å²) in [6.45, 7) is 7.06. The highest BCUT2D eigenvalue weighted by Gasteiger charge is 2.22. The SMILES string of the molecule is CCN1CCN(C(=O)c2ccc(NCCc3ccc(F)cc3)nn2)CC1. The number of aromatic nitrogens is 2. The molecule has 0 spiro atoms. The number of hydrogen-bond acceptors (Lipinski definition) is 5. The Labute approximate surface area is 153 Å². The fraction of sp³-hybridized carbons (Fsp3) is 0.421. The summed E-state index contributed by atoms with van der Waals surface area (Å²) < 4.78 is 12.9. The molecular formula is C19H24FN5O. The standard InChI is InChI=1S/C19H24FN5O/c1-2-24-11-13-25(14-12-24)19(26)17-7-8-18(23-22-17)21-10-9-15-3-5-16(20)6-4-15/h3-8H,2,9-14H2,1H3,(H,21,23). The summed E-state index contributed by atoms with van der Waals surface area (Å²) in [7, 11) is 0. The largest absolute Gasteiger partial charge is 0.368 e. The zero-order chi connectivity index (χ0) is 18.4. The predicted molar refractivity (Wildman–Crippen MR) is 98.6 cm³/mol. The van der Waals surface area contributed by atoms with Gasteiger partial charge in [0.1, 0.15) is 11.6 Å². The molecule has 6 nitrogen and oxygen atoms in total. The fourth-order valence-electron chi connectivity index (χ4n) is 2.96. The number of hydrogen-bond donors (Lipinski definition) is 1. The van der Waals surface area contributed by atoms with Gasteiger partial charge >= 0.3 is 0 Å². The number of benzene rings is 1. The average molecular weight is 357 g/mol. The maximum atomic E-state index is 12.9. The Bertz CT molecular complexity index is 712. The smallest absolute Gasteiger partial charge is 0.274 e. The van der Waals surface area contributed by atoms with E-state index in [1.165, 1.54) is 12.1 Å². The van der Waals surface area contributed by atoms with Gasteiger partial charge in [0, 0.05) is 32.7 Å². The number of nitrogens with one attached hydrogen (secondary N) is 1. The highest BCUT2D eigenvalue weighted by molar-refractivity contribution is 5.92. The van der Waals surface area contributed by atoms with Gasteiger partial charge in [-0.1, -0.05) is 19.1 Å². The van der Waals surface area contributed by atoms with E-state index in [4.69, 9.17) is 0 Å². The van der Waals surface area contributed by atoms with Gasteiger partial charge in [0.25, 0.3) is 5.91 Å². The van der Waals surface area contributed by atoms with Crippen molar-refractivity contribution in [2.24, 2.45) is 0 Å². The zero-order valence-corrected chi connectivity index (χ0v) is 15.0. The topological polar surface area (TPSA) is 61.4 Å². The normalized spacial score (nSPS) is 15.1. The first-order valence-corrected chi connectivity index (χ1v) is 8.99. The van der Waals surface area contributed by atoms with Crippen LogP contribution in [-0.4, -0.2) is 65.2 Å². The molecule has 2 aromatic rings. The number of carbonyl (C=O) groups is 1. The highest BCUT2D eigenvalue weighted by atomic mass is 19.1. The lowest BCUT2D eigenvalue weighted by Gasteiger charge is -2.33. The molecular weight excluding hydrogens is 333 g/mol. The van der Waals surface area contributed by atoms with E-state index in [1.807, 2.05) is 4.90 Å². The van der Waals surface area contributed by atoms with Crippen molar-refractivity contribution in [3.8, 4) is 0 Å². The Balaban J connectivity index is 1.48. The second-order valence-electron chi connectivity index (χ2n) is 6.33. The van der Waals surface area contributed by atoms with Crippen LogP contribution in [-0.2, 0) is 6.42 Å². The lowest BCUT2D eigenvalue weighted by Crippen LogP contribution is -2.48. The van der Waals surface area contributed by atoms with Gasteiger partial charge in [0.05, 0.1) is 0 Å². The maximum Gasteiger partial charge on any atom is 0.274 e. The molecule has 1 aliphatic heterocycles. The van der Waals surface area contributed by atoms with Crippen LogP contribution in [0.2, 0.25) is 0 Å². The van der Waals surface area contributed by atoms with Gasteiger partial charge in [0.2, 0.25) is 0 Å². The molecule has 2 heterocycles. The van der Waals surface area contributed by atoms with E-state index in [9.17, 15) is 9.18 Å². The van der Waals surface area contributed by atoms with E-state index < -0.39 is 0 Å². The average Bonchev–Trinajstić information content (AvgIpc) is 2.69. The number of amides is 1. The van der Waals surface area contributed by atoms with Gasteiger partial charge in [0.15, 0.2) is 5.69 Å². The van der Waals surface area contributed by atoms with Crippen molar-refractivity contribution in [2.45, 2.75) is 13.3 Å². The first-order valence-electron chi connectivity index (χ1n) is 8.99. The van der Waals surface area contributed by atoms with E-state index in [-0.39, 0.29) is 11.7 Å². The third kappa shape index (κ3) is 4.76. The number of anilines is 1. The van der Waals surface area contributed by atoms with Gasteiger partial charge in [-0.2, -0.15) is 0 Å². The van der Waals surface area contributed by atoms with Crippen LogP contribution < -0.4 is 5.32 Å². The zero-order valence-electron chi connectivity index (χ0n) is 15.0. The van der Waals surface area contributed by atoms with Gasteiger partial charge < -0.3 is 15.1 Å². The molecule has 138 valence electrons. The summed E-state index contributed by atoms with van der Waals surface area (Å²) in [6.07, 6.45) is 0.754. The number of halogens is 1. The van der Waals surface area contributed by atoms with Crippen molar-refractivity contribution in [1.29, 1.82) is 0 Å². The van der Waals surface area contributed by atoms with Crippen LogP contribution in [0.1, 0.15) is 23.0 Å². The molecule has 0 aliphatic carbocycles. The van der Waals surface area contributed by atoms with E-state index in [1.54, 1.807) is 24.3 Å². The number of piperazine rings is 1. The van der Waals surface area contributed by atoms with Crippen LogP contribution in [0.3, 0.4) is 0 Å². The molecule has 0 atom stereocenters. The summed E-state index contributed by atoms with van der Waals surface area (Å²) >= 11 is 0. The van der Waals surface area contributed by atoms with Crippen molar-refractivity contribution in [1.82, 2.24) is 20.0 Å². The molecule has 3 rings (SSSR count). The molecule has 0 radical (unpaired) electrons. The minimum Gasteiger partial charge on any atom is -0.368 e. The van der Waals surface area contributed by atoms with E-state index >= 15 is 0 Å². The van der Waals surface area contributed by atoms with Crippen LogP contribution in [0.15, 0.2) is 36.4 Å². The Hall–Kier alpha value is -2.54. The van der Waals surface area contributed by atoms with Gasteiger partial charge in [-0.3, -0.25) is 4.79 Å². The van der Waals surface area contributed by atoms with Gasteiger partial charge in [-0.25, -0.2) is 4.39 Å². The third-order valence-corrected chi connectivity index (χ3v) is 4.62. The molecule has 1 aliphatic rings. The van der Waals surface area contributed by atoms with E-state index in [0.29, 0.717) is 18.1 Å². The van der Waals surface area contributed by atoms with Crippen molar-refractivity contribution in [3.05, 3.63) is 53.5 Å². The van der Waals surface area contributed by atoms with Crippen molar-refractivity contribution in [3.63, 3.8) is 0 Å². The Morgan fingerprint density at radius 1 is 1.08 bits per heavy atom. The molecule has 1 fully saturated rings. The molecule has 26 heavy (non-hydrogen) atoms. The van der Waals surface area contributed by atoms with Crippen LogP contribution >= 0.6 is 0 Å². The summed E-state index contributed by atoms with van der Waals surface area (Å²) in [6, 6.07) is 9.92. The summed E-state index contributed by atoms with van der Waals surface area (Å²) in [5, 5.41) is 11.3. The molecule has 1 amide bonds. The lowest BCUT2D eigenvalue weighted by atomic mass is 10.1. The summed E-state index contributed by atoms with van der Waals surface area (Å²) in [5.41, 5.74) is 1.42. The first-order chi connectivity index (χ1) is 12.7. The first kappa shape index (κ1) is 18.3. The fourth-order valence-corrected chi connectivity index (χ4v) is 2.96. The number of carbonyl (C=O) groups excluding carboxylic acids is 1. The number of likely N-dealkylation sites (N-methyl/N-ethyl adjacent to an activating group) is 1. The second kappa shape index (κ2) is 8.71. The minimum absolute atomic E-state index is 0.0638. The Morgan fingerprint density at radius 2 is 1.81 bits per heavy atom. The lowest BCUT2D eigenvalue weighted by molar-refractivity contribution is 0.0636. The molecule has 0 saturated carbocycles. The Kier molecular flexibility index (Phi) is 6.12. The van der Waals surface area contributed by atoms with Crippen LogP contribution in [0.4, 0.5) is 10.2 Å². The minimum atomic E-state index is -0.232. The third-order valence-electron chi connectivity index (χ3n) is 4.62. The van der Waals surface area contributed by atoms with Crippen LogP contribution in [0.5, 0.6) is 0 Å². The highest BCUT2D eigenvalue weighted by Crippen LogP contribution is 2.09. The van der Waals surface area contributed by atoms with Crippen molar-refractivity contribution < 1.29 is 9.18 Å². The molecule has 0 bridgehead atoms. The van der Waals surface area contributed by atoms with E-state index in [0.717, 1.165) is 44.7 Å². The molecule has 1 aromatic carbocycles. The van der Waals surface area contributed by atoms with Crippen LogP contribution in [0.25, 0.3) is 0 Å². The molecule has 1 aromatic heterocycles. The second-order valence-corrected chi connectivity index (χ2v) is 6.33. The quantitative estimate of drug-likeness (QED) is 0.857. The molecule has 7 heteroatoms. The molecule has 1 N–H and O–H groups in total. The van der Waals surface area contributed by atoms with E-state index in [2.05, 4.69) is 27.3 Å². The Morgan fingerprint density at radius 3 is 2.42 bits per heavy atom. The maximum absolute atomic E-state index is 12.9. The van der Waals surface area contributed by atoms with Crippen molar-refractivity contribution >= 4 is 11.7 Å². The number of rotatable bonds is 6. The molecule has 1 saturated heterocycles. The summed E-state index contributed by atoms with van der Waals surface area (Å²) in [5.74, 6) is 0.328.